The van der Waals surface area contributed by atoms with Crippen LogP contribution in [0.2, 0.25) is 0 Å². The van der Waals surface area contributed by atoms with E-state index in [1.165, 1.54) is 6.08 Å². The van der Waals surface area contributed by atoms with E-state index in [1.807, 2.05) is 48.5 Å². The van der Waals surface area contributed by atoms with E-state index in [9.17, 15) is 8.63 Å². The van der Waals surface area contributed by atoms with E-state index >= 15 is 0 Å². The summed E-state index contributed by atoms with van der Waals surface area (Å²) in [5, 5.41) is 0. The Morgan fingerprint density at radius 2 is 1.54 bits per heavy atom. The normalized spacial score (nSPS) is 11.2. The van der Waals surface area contributed by atoms with Crippen molar-refractivity contribution in [2.24, 2.45) is 0 Å². The number of aromatic nitrogens is 1. The Morgan fingerprint density at radius 3 is 2.21 bits per heavy atom. The van der Waals surface area contributed by atoms with Gasteiger partial charge in [0, 0.05) is 17.8 Å². The average molecular weight is 321 g/mol. The molecule has 0 N–H and O–H groups in total. The first-order valence-electron chi connectivity index (χ1n) is 7.46. The summed E-state index contributed by atoms with van der Waals surface area (Å²) < 4.78 is 30.1. The van der Waals surface area contributed by atoms with Crippen LogP contribution in [0.4, 0.5) is 8.63 Å². The molecule has 24 heavy (non-hydrogen) atoms. The van der Waals surface area contributed by atoms with Crippen LogP contribution in [0.25, 0.3) is 23.0 Å². The Bertz CT molecular complexity index is 823. The molecule has 1 aromatic heterocycles. The van der Waals surface area contributed by atoms with Crippen molar-refractivity contribution in [1.29, 1.82) is 0 Å². The van der Waals surface area contributed by atoms with Gasteiger partial charge in [0.25, 0.3) is 0 Å². The van der Waals surface area contributed by atoms with Gasteiger partial charge in [-0.3, -0.25) is 4.98 Å². The van der Waals surface area contributed by atoms with Gasteiger partial charge in [-0.15, -0.1) is 0 Å². The number of hydrogen-bond acceptors (Lipinski definition) is 2. The van der Waals surface area contributed by atoms with Crippen LogP contribution < -0.4 is 0 Å². The van der Waals surface area contributed by atoms with Gasteiger partial charge < -0.3 is 4.65 Å². The number of halogens is 2. The molecule has 3 rings (SSSR count). The lowest BCUT2D eigenvalue weighted by Crippen LogP contribution is -2.04. The fraction of sp³-hybridized carbons (Fsp3) is 0. The van der Waals surface area contributed by atoms with Crippen molar-refractivity contribution >= 4 is 19.3 Å². The third-order valence-corrected chi connectivity index (χ3v) is 3.44. The first-order valence-corrected chi connectivity index (χ1v) is 7.46. The molecule has 0 saturated heterocycles. The first-order chi connectivity index (χ1) is 11.7. The van der Waals surface area contributed by atoms with Gasteiger partial charge >= 0.3 is 7.47 Å². The van der Waals surface area contributed by atoms with Crippen LogP contribution in [-0.4, -0.2) is 12.5 Å². The third kappa shape index (κ3) is 4.07. The maximum atomic E-state index is 12.7. The van der Waals surface area contributed by atoms with Crippen molar-refractivity contribution < 1.29 is 13.3 Å². The van der Waals surface area contributed by atoms with E-state index in [2.05, 4.69) is 9.64 Å². The summed E-state index contributed by atoms with van der Waals surface area (Å²) in [6.07, 6.45) is 3.17. The highest BCUT2D eigenvalue weighted by molar-refractivity contribution is 6.36. The van der Waals surface area contributed by atoms with Crippen molar-refractivity contribution in [3.63, 3.8) is 0 Å². The fourth-order valence-electron chi connectivity index (χ4n) is 2.36. The van der Waals surface area contributed by atoms with E-state index < -0.39 is 7.47 Å². The van der Waals surface area contributed by atoms with Crippen LogP contribution in [0, 0.1) is 0 Å². The topological polar surface area (TPSA) is 22.1 Å². The highest BCUT2D eigenvalue weighted by Gasteiger charge is 2.20. The van der Waals surface area contributed by atoms with Gasteiger partial charge in [-0.25, -0.2) is 8.63 Å². The highest BCUT2D eigenvalue weighted by Crippen LogP contribution is 2.23. The Morgan fingerprint density at radius 1 is 0.875 bits per heavy atom. The van der Waals surface area contributed by atoms with Crippen molar-refractivity contribution in [1.82, 2.24) is 4.98 Å². The molecule has 0 bridgehead atoms. The van der Waals surface area contributed by atoms with E-state index in [1.54, 1.807) is 30.5 Å². The summed E-state index contributed by atoms with van der Waals surface area (Å²) in [6.45, 7) is 0. The molecule has 0 unspecified atom stereocenters. The monoisotopic (exact) mass is 321 g/mol. The van der Waals surface area contributed by atoms with E-state index in [-0.39, 0.29) is 5.76 Å². The first kappa shape index (κ1) is 15.9. The van der Waals surface area contributed by atoms with Gasteiger partial charge in [-0.1, -0.05) is 60.7 Å². The molecular formula is C19H14BF2NO. The summed E-state index contributed by atoms with van der Waals surface area (Å²) in [7, 11) is -2.89. The van der Waals surface area contributed by atoms with Crippen LogP contribution in [0.1, 0.15) is 11.3 Å². The minimum atomic E-state index is -2.89. The van der Waals surface area contributed by atoms with Gasteiger partial charge in [0.15, 0.2) is 0 Å². The number of rotatable bonds is 5. The molecule has 2 nitrogen and oxygen atoms in total. The van der Waals surface area contributed by atoms with Crippen molar-refractivity contribution in [2.45, 2.75) is 0 Å². The Balaban J connectivity index is 1.98. The van der Waals surface area contributed by atoms with Crippen LogP contribution >= 0.6 is 0 Å². The molecule has 0 aliphatic carbocycles. The molecule has 3 aromatic rings. The van der Waals surface area contributed by atoms with Gasteiger partial charge in [-0.05, 0) is 23.3 Å². The number of pyridine rings is 1. The lowest BCUT2D eigenvalue weighted by atomic mass is 10.1. The Hall–Kier alpha value is -2.95. The van der Waals surface area contributed by atoms with Crippen molar-refractivity contribution in [3.8, 4) is 11.1 Å². The summed E-state index contributed by atoms with van der Waals surface area (Å²) in [5.41, 5.74) is 3.12. The van der Waals surface area contributed by atoms with Crippen molar-refractivity contribution in [2.75, 3.05) is 0 Å². The largest absolute Gasteiger partial charge is 0.796 e. The Labute approximate surface area is 139 Å². The molecule has 1 heterocycles. The lowest BCUT2D eigenvalue weighted by molar-refractivity contribution is 0.398. The van der Waals surface area contributed by atoms with Gasteiger partial charge in [0.1, 0.15) is 5.76 Å². The predicted molar refractivity (Wildman–Crippen MR) is 93.0 cm³/mol. The van der Waals surface area contributed by atoms with Crippen molar-refractivity contribution in [3.05, 3.63) is 90.3 Å². The zero-order valence-electron chi connectivity index (χ0n) is 12.8. The second-order valence-corrected chi connectivity index (χ2v) is 5.09. The maximum Gasteiger partial charge on any atom is 0.796 e. The van der Waals surface area contributed by atoms with Gasteiger partial charge in [0.2, 0.25) is 0 Å². The third-order valence-electron chi connectivity index (χ3n) is 3.44. The van der Waals surface area contributed by atoms with E-state index in [0.717, 1.165) is 11.1 Å². The predicted octanol–water partition coefficient (Wildman–Crippen LogP) is 5.19. The van der Waals surface area contributed by atoms with Crippen LogP contribution in [0.15, 0.2) is 79.0 Å². The molecule has 0 radical (unpaired) electrons. The second kappa shape index (κ2) is 7.55. The zero-order chi connectivity index (χ0) is 16.8. The second-order valence-electron chi connectivity index (χ2n) is 5.09. The maximum absolute atomic E-state index is 12.7. The highest BCUT2D eigenvalue weighted by atomic mass is 19.2. The quantitative estimate of drug-likeness (QED) is 0.477. The number of hydrogen-bond donors (Lipinski definition) is 0. The van der Waals surface area contributed by atoms with Gasteiger partial charge in [-0.2, -0.15) is 0 Å². The number of nitrogens with zero attached hydrogens (tertiary/aromatic N) is 1. The Kier molecular flexibility index (Phi) is 5.01. The smallest absolute Gasteiger partial charge is 0.505 e. The SMILES string of the molecule is FB(F)O/C(=C/c1cc(-c2ccccc2)ccn1)c1ccccc1. The van der Waals surface area contributed by atoms with E-state index in [0.29, 0.717) is 11.3 Å². The standard InChI is InChI=1S/C19H14BF2NO/c21-20(22)24-19(16-9-5-2-6-10-16)14-18-13-17(11-12-23-18)15-7-3-1-4-8-15/h1-14H/b19-14+. The molecule has 2 aromatic carbocycles. The van der Waals surface area contributed by atoms with E-state index in [4.69, 9.17) is 0 Å². The molecule has 0 amide bonds. The molecule has 0 spiro atoms. The molecule has 0 aliphatic rings. The van der Waals surface area contributed by atoms with Gasteiger partial charge in [0.05, 0.1) is 5.69 Å². The lowest BCUT2D eigenvalue weighted by Gasteiger charge is -2.09. The minimum absolute atomic E-state index is 0.0864. The van der Waals surface area contributed by atoms with Crippen LogP contribution in [0.5, 0.6) is 0 Å². The molecule has 0 fully saturated rings. The van der Waals surface area contributed by atoms with Crippen LogP contribution in [-0.2, 0) is 4.65 Å². The summed E-state index contributed by atoms with van der Waals surface area (Å²) >= 11 is 0. The molecule has 0 aliphatic heterocycles. The average Bonchev–Trinajstić information content (AvgIpc) is 2.62. The van der Waals surface area contributed by atoms with Crippen LogP contribution in [0.3, 0.4) is 0 Å². The summed E-state index contributed by atoms with van der Waals surface area (Å²) in [5.74, 6) is 0.0864. The number of benzene rings is 2. The molecule has 0 atom stereocenters. The summed E-state index contributed by atoms with van der Waals surface area (Å²) in [4.78, 5) is 4.24. The molecule has 0 saturated carbocycles. The molecular weight excluding hydrogens is 307 g/mol. The zero-order valence-corrected chi connectivity index (χ0v) is 12.8. The molecule has 118 valence electrons. The molecule has 5 heteroatoms. The summed E-state index contributed by atoms with van der Waals surface area (Å²) in [6, 6.07) is 22.3. The minimum Gasteiger partial charge on any atom is -0.505 e. The fourth-order valence-corrected chi connectivity index (χ4v) is 2.36.